The number of rotatable bonds is 3. The zero-order chi connectivity index (χ0) is 14.2. The molecule has 0 aromatic heterocycles. The zero-order valence-corrected chi connectivity index (χ0v) is 12.5. The summed E-state index contributed by atoms with van der Waals surface area (Å²) in [5.41, 5.74) is 1.11. The largest absolute Gasteiger partial charge is 0.370 e. The van der Waals surface area contributed by atoms with E-state index in [1.54, 1.807) is 12.1 Å². The van der Waals surface area contributed by atoms with Gasteiger partial charge in [0.15, 0.2) is 0 Å². The smallest absolute Gasteiger partial charge is 0.240 e. The highest BCUT2D eigenvalue weighted by Crippen LogP contribution is 2.29. The Bertz CT molecular complexity index is 557. The summed E-state index contributed by atoms with van der Waals surface area (Å²) in [5.74, 6) is 0.726. The van der Waals surface area contributed by atoms with Crippen LogP contribution in [0.3, 0.4) is 0 Å². The molecule has 110 valence electrons. The van der Waals surface area contributed by atoms with E-state index < -0.39 is 10.0 Å². The Morgan fingerprint density at radius 3 is 2.65 bits per heavy atom. The number of benzene rings is 1. The van der Waals surface area contributed by atoms with Crippen LogP contribution < -0.4 is 14.9 Å². The fourth-order valence-electron chi connectivity index (χ4n) is 3.21. The molecule has 0 bridgehead atoms. The Kier molecular flexibility index (Phi) is 3.70. The Morgan fingerprint density at radius 1 is 1.25 bits per heavy atom. The number of nitrogens with zero attached hydrogens (tertiary/aromatic N) is 1. The first-order valence-electron chi connectivity index (χ1n) is 7.12. The molecule has 0 radical (unpaired) electrons. The molecule has 0 saturated carbocycles. The maximum absolute atomic E-state index is 11.7. The molecule has 2 atom stereocenters. The third-order valence-electron chi connectivity index (χ3n) is 4.38. The van der Waals surface area contributed by atoms with Crippen molar-refractivity contribution in [1.82, 2.24) is 10.0 Å². The minimum Gasteiger partial charge on any atom is -0.370 e. The summed E-state index contributed by atoms with van der Waals surface area (Å²) in [6.45, 7) is 3.20. The Balaban J connectivity index is 1.76. The fraction of sp³-hybridized carbons (Fsp3) is 0.571. The molecule has 2 heterocycles. The molecule has 2 aliphatic rings. The van der Waals surface area contributed by atoms with E-state index in [-0.39, 0.29) is 0 Å². The predicted molar refractivity (Wildman–Crippen MR) is 79.4 cm³/mol. The molecule has 3 rings (SSSR count). The van der Waals surface area contributed by atoms with Gasteiger partial charge in [-0.25, -0.2) is 13.1 Å². The van der Waals surface area contributed by atoms with E-state index in [0.29, 0.717) is 10.9 Å². The summed E-state index contributed by atoms with van der Waals surface area (Å²) in [4.78, 5) is 2.67. The number of piperidine rings is 1. The standard InChI is InChI=1S/C14H21N3O2S/c1-15-20(18,19)13-6-4-12(5-7-13)17-9-11-3-2-8-16-14(11)10-17/h4-7,11,14-16H,2-3,8-10H2,1H3. The molecule has 0 amide bonds. The highest BCUT2D eigenvalue weighted by molar-refractivity contribution is 7.89. The SMILES string of the molecule is CNS(=O)(=O)c1ccc(N2CC3CCCNC3C2)cc1. The Hall–Kier alpha value is -1.11. The number of hydrogen-bond donors (Lipinski definition) is 2. The number of sulfonamides is 1. The van der Waals surface area contributed by atoms with Gasteiger partial charge in [0, 0.05) is 24.8 Å². The van der Waals surface area contributed by atoms with E-state index in [1.807, 2.05) is 12.1 Å². The Morgan fingerprint density at radius 2 is 2.00 bits per heavy atom. The summed E-state index contributed by atoms with van der Waals surface area (Å²) in [5, 5.41) is 3.58. The average molecular weight is 295 g/mol. The van der Waals surface area contributed by atoms with Crippen molar-refractivity contribution in [1.29, 1.82) is 0 Å². The van der Waals surface area contributed by atoms with Gasteiger partial charge in [-0.3, -0.25) is 0 Å². The van der Waals surface area contributed by atoms with Crippen LogP contribution in [0.4, 0.5) is 5.69 Å². The monoisotopic (exact) mass is 295 g/mol. The van der Waals surface area contributed by atoms with Crippen molar-refractivity contribution >= 4 is 15.7 Å². The second-order valence-electron chi connectivity index (χ2n) is 5.57. The van der Waals surface area contributed by atoms with E-state index in [0.717, 1.165) is 31.2 Å². The summed E-state index contributed by atoms with van der Waals surface area (Å²) in [7, 11) is -1.91. The molecule has 2 saturated heterocycles. The first kappa shape index (κ1) is 13.9. The first-order valence-corrected chi connectivity index (χ1v) is 8.60. The van der Waals surface area contributed by atoms with Gasteiger partial charge in [-0.1, -0.05) is 0 Å². The molecule has 6 heteroatoms. The van der Waals surface area contributed by atoms with Gasteiger partial charge in [0.25, 0.3) is 0 Å². The second kappa shape index (κ2) is 5.35. The van der Waals surface area contributed by atoms with Crippen LogP contribution in [0, 0.1) is 5.92 Å². The third-order valence-corrected chi connectivity index (χ3v) is 5.81. The molecule has 2 fully saturated rings. The van der Waals surface area contributed by atoms with Gasteiger partial charge < -0.3 is 10.2 Å². The summed E-state index contributed by atoms with van der Waals surface area (Å²) < 4.78 is 25.7. The van der Waals surface area contributed by atoms with Crippen molar-refractivity contribution < 1.29 is 8.42 Å². The second-order valence-corrected chi connectivity index (χ2v) is 7.46. The molecule has 0 aliphatic carbocycles. The van der Waals surface area contributed by atoms with Gasteiger partial charge in [0.2, 0.25) is 10.0 Å². The van der Waals surface area contributed by atoms with Crippen LogP contribution in [-0.4, -0.2) is 41.1 Å². The molecular weight excluding hydrogens is 274 g/mol. The van der Waals surface area contributed by atoms with E-state index in [2.05, 4.69) is 14.9 Å². The van der Waals surface area contributed by atoms with E-state index in [9.17, 15) is 8.42 Å². The van der Waals surface area contributed by atoms with Crippen molar-refractivity contribution in [3.05, 3.63) is 24.3 Å². The van der Waals surface area contributed by atoms with Gasteiger partial charge in [0.1, 0.15) is 0 Å². The number of hydrogen-bond acceptors (Lipinski definition) is 4. The van der Waals surface area contributed by atoms with Crippen LogP contribution in [-0.2, 0) is 10.0 Å². The maximum Gasteiger partial charge on any atom is 0.240 e. The summed E-state index contributed by atoms with van der Waals surface area (Å²) in [6.07, 6.45) is 2.55. The van der Waals surface area contributed by atoms with Crippen molar-refractivity contribution in [3.8, 4) is 0 Å². The lowest BCUT2D eigenvalue weighted by Gasteiger charge is -2.24. The van der Waals surface area contributed by atoms with Crippen LogP contribution in [0.15, 0.2) is 29.2 Å². The highest BCUT2D eigenvalue weighted by atomic mass is 32.2. The highest BCUT2D eigenvalue weighted by Gasteiger charge is 2.34. The van der Waals surface area contributed by atoms with Crippen LogP contribution in [0.25, 0.3) is 0 Å². The van der Waals surface area contributed by atoms with E-state index >= 15 is 0 Å². The van der Waals surface area contributed by atoms with Crippen molar-refractivity contribution in [2.45, 2.75) is 23.8 Å². The van der Waals surface area contributed by atoms with Gasteiger partial charge in [-0.15, -0.1) is 0 Å². The van der Waals surface area contributed by atoms with Crippen molar-refractivity contribution in [2.24, 2.45) is 5.92 Å². The number of nitrogens with one attached hydrogen (secondary N) is 2. The molecule has 20 heavy (non-hydrogen) atoms. The fourth-order valence-corrected chi connectivity index (χ4v) is 3.94. The van der Waals surface area contributed by atoms with Crippen molar-refractivity contribution in [2.75, 3.05) is 31.6 Å². The molecule has 2 aliphatic heterocycles. The lowest BCUT2D eigenvalue weighted by Crippen LogP contribution is -2.40. The topological polar surface area (TPSA) is 61.4 Å². The maximum atomic E-state index is 11.7. The lowest BCUT2D eigenvalue weighted by atomic mass is 9.94. The minimum absolute atomic E-state index is 0.318. The lowest BCUT2D eigenvalue weighted by molar-refractivity contribution is 0.340. The van der Waals surface area contributed by atoms with Crippen LogP contribution in [0.5, 0.6) is 0 Å². The normalized spacial score (nSPS) is 26.6. The quantitative estimate of drug-likeness (QED) is 0.865. The van der Waals surface area contributed by atoms with E-state index in [1.165, 1.54) is 19.9 Å². The minimum atomic E-state index is -3.34. The van der Waals surface area contributed by atoms with E-state index in [4.69, 9.17) is 0 Å². The number of fused-ring (bicyclic) bond motifs is 1. The third kappa shape index (κ3) is 2.55. The molecule has 2 unspecified atom stereocenters. The predicted octanol–water partition coefficient (Wildman–Crippen LogP) is 0.783. The van der Waals surface area contributed by atoms with Crippen LogP contribution in [0.1, 0.15) is 12.8 Å². The van der Waals surface area contributed by atoms with Gasteiger partial charge >= 0.3 is 0 Å². The van der Waals surface area contributed by atoms with Crippen LogP contribution in [0.2, 0.25) is 0 Å². The molecule has 1 aromatic rings. The average Bonchev–Trinajstić information content (AvgIpc) is 2.91. The Labute approximate surface area is 120 Å². The van der Waals surface area contributed by atoms with Crippen molar-refractivity contribution in [3.63, 3.8) is 0 Å². The molecule has 0 spiro atoms. The molecule has 1 aromatic carbocycles. The molecule has 2 N–H and O–H groups in total. The van der Waals surface area contributed by atoms with Gasteiger partial charge in [0.05, 0.1) is 4.90 Å². The number of anilines is 1. The van der Waals surface area contributed by atoms with Gasteiger partial charge in [-0.05, 0) is 56.6 Å². The van der Waals surface area contributed by atoms with Crippen LogP contribution >= 0.6 is 0 Å². The molecular formula is C14H21N3O2S. The van der Waals surface area contributed by atoms with Gasteiger partial charge in [-0.2, -0.15) is 0 Å². The summed E-state index contributed by atoms with van der Waals surface area (Å²) >= 11 is 0. The molecule has 5 nitrogen and oxygen atoms in total. The first-order chi connectivity index (χ1) is 9.60. The zero-order valence-electron chi connectivity index (χ0n) is 11.7. The summed E-state index contributed by atoms with van der Waals surface area (Å²) in [6, 6.07) is 7.75.